The molecule has 1 saturated carbocycles. The second-order valence-electron chi connectivity index (χ2n) is 6.01. The first-order valence-corrected chi connectivity index (χ1v) is 7.17. The van der Waals surface area contributed by atoms with Gasteiger partial charge in [-0.3, -0.25) is 4.79 Å². The molecule has 2 heterocycles. The smallest absolute Gasteiger partial charge is 0.245 e. The molecule has 1 saturated heterocycles. The highest BCUT2D eigenvalue weighted by molar-refractivity contribution is 5.89. The molecule has 2 aliphatic rings. The number of carbonyl (C=O) groups excluding carboxylic acids is 1. The van der Waals surface area contributed by atoms with Crippen molar-refractivity contribution in [2.75, 3.05) is 18.0 Å². The summed E-state index contributed by atoms with van der Waals surface area (Å²) < 4.78 is 0. The van der Waals surface area contributed by atoms with Crippen LogP contribution in [-0.2, 0) is 11.3 Å². The zero-order chi connectivity index (χ0) is 14.2. The highest BCUT2D eigenvalue weighted by Gasteiger charge is 2.38. The SMILES string of the molecule is CC1(C)C(=O)NCCN1c1ncc(CNC2CC2)cn1. The number of nitrogens with zero attached hydrogens (tertiary/aromatic N) is 3. The largest absolute Gasteiger partial charge is 0.352 e. The lowest BCUT2D eigenvalue weighted by Gasteiger charge is -2.41. The molecule has 0 spiro atoms. The van der Waals surface area contributed by atoms with E-state index in [1.54, 1.807) is 0 Å². The fourth-order valence-corrected chi connectivity index (χ4v) is 2.38. The quantitative estimate of drug-likeness (QED) is 0.834. The van der Waals surface area contributed by atoms with Crippen LogP contribution in [0.2, 0.25) is 0 Å². The van der Waals surface area contributed by atoms with E-state index in [0.717, 1.165) is 18.7 Å². The maximum Gasteiger partial charge on any atom is 0.245 e. The van der Waals surface area contributed by atoms with Gasteiger partial charge < -0.3 is 15.5 Å². The summed E-state index contributed by atoms with van der Waals surface area (Å²) in [4.78, 5) is 22.7. The van der Waals surface area contributed by atoms with E-state index < -0.39 is 5.54 Å². The van der Waals surface area contributed by atoms with Gasteiger partial charge in [0.15, 0.2) is 0 Å². The predicted molar refractivity (Wildman–Crippen MR) is 76.3 cm³/mol. The molecule has 6 nitrogen and oxygen atoms in total. The van der Waals surface area contributed by atoms with Crippen LogP contribution >= 0.6 is 0 Å². The summed E-state index contributed by atoms with van der Waals surface area (Å²) in [5.41, 5.74) is 0.478. The molecule has 1 amide bonds. The van der Waals surface area contributed by atoms with Gasteiger partial charge in [0.1, 0.15) is 5.54 Å². The number of rotatable bonds is 4. The van der Waals surface area contributed by atoms with E-state index in [2.05, 4.69) is 20.6 Å². The van der Waals surface area contributed by atoms with Crippen molar-refractivity contribution in [1.29, 1.82) is 0 Å². The standard InChI is InChI=1S/C14H21N5O/c1-14(2)12(20)15-5-6-19(14)13-17-8-10(9-18-13)7-16-11-3-4-11/h8-9,11,16H,3-7H2,1-2H3,(H,15,20). The molecular weight excluding hydrogens is 254 g/mol. The molecule has 0 aromatic carbocycles. The molecule has 1 aromatic heterocycles. The lowest BCUT2D eigenvalue weighted by Crippen LogP contribution is -2.62. The van der Waals surface area contributed by atoms with Crippen LogP contribution in [0, 0.1) is 0 Å². The fraction of sp³-hybridized carbons (Fsp3) is 0.643. The molecular formula is C14H21N5O. The molecule has 3 rings (SSSR count). The minimum atomic E-state index is -0.605. The Labute approximate surface area is 119 Å². The summed E-state index contributed by atoms with van der Waals surface area (Å²) in [6.45, 7) is 5.98. The zero-order valence-corrected chi connectivity index (χ0v) is 12.0. The molecule has 108 valence electrons. The monoisotopic (exact) mass is 275 g/mol. The first-order valence-electron chi connectivity index (χ1n) is 7.17. The lowest BCUT2D eigenvalue weighted by atomic mass is 9.99. The highest BCUT2D eigenvalue weighted by atomic mass is 16.2. The van der Waals surface area contributed by atoms with Crippen molar-refractivity contribution in [1.82, 2.24) is 20.6 Å². The molecule has 1 aliphatic heterocycles. The third-order valence-corrected chi connectivity index (χ3v) is 3.96. The molecule has 2 N–H and O–H groups in total. The number of hydrogen-bond acceptors (Lipinski definition) is 5. The molecule has 2 fully saturated rings. The zero-order valence-electron chi connectivity index (χ0n) is 12.0. The van der Waals surface area contributed by atoms with Crippen LogP contribution in [0.15, 0.2) is 12.4 Å². The third kappa shape index (κ3) is 2.60. The third-order valence-electron chi connectivity index (χ3n) is 3.96. The van der Waals surface area contributed by atoms with Gasteiger partial charge in [-0.1, -0.05) is 0 Å². The Bertz CT molecular complexity index is 495. The average molecular weight is 275 g/mol. The Hall–Kier alpha value is -1.69. The Kier molecular flexibility index (Phi) is 3.33. The van der Waals surface area contributed by atoms with Gasteiger partial charge >= 0.3 is 0 Å². The van der Waals surface area contributed by atoms with E-state index >= 15 is 0 Å². The van der Waals surface area contributed by atoms with Gasteiger partial charge in [-0.05, 0) is 26.7 Å². The van der Waals surface area contributed by atoms with Gasteiger partial charge in [0.25, 0.3) is 0 Å². The van der Waals surface area contributed by atoms with E-state index in [0.29, 0.717) is 18.5 Å². The summed E-state index contributed by atoms with van der Waals surface area (Å²) in [6.07, 6.45) is 6.24. The van der Waals surface area contributed by atoms with E-state index in [4.69, 9.17) is 0 Å². The maximum atomic E-state index is 11.9. The maximum absolute atomic E-state index is 11.9. The van der Waals surface area contributed by atoms with Crippen LogP contribution in [0.3, 0.4) is 0 Å². The van der Waals surface area contributed by atoms with Gasteiger partial charge in [0.2, 0.25) is 11.9 Å². The lowest BCUT2D eigenvalue weighted by molar-refractivity contribution is -0.126. The van der Waals surface area contributed by atoms with Gasteiger partial charge in [0.05, 0.1) is 0 Å². The molecule has 0 unspecified atom stereocenters. The van der Waals surface area contributed by atoms with Crippen LogP contribution in [0.25, 0.3) is 0 Å². The van der Waals surface area contributed by atoms with Crippen LogP contribution in [0.4, 0.5) is 5.95 Å². The number of aromatic nitrogens is 2. The van der Waals surface area contributed by atoms with E-state index in [1.807, 2.05) is 31.1 Å². The second kappa shape index (κ2) is 5.01. The summed E-state index contributed by atoms with van der Waals surface area (Å²) in [5, 5.41) is 6.31. The van der Waals surface area contributed by atoms with Crippen LogP contribution in [0.5, 0.6) is 0 Å². The molecule has 0 bridgehead atoms. The van der Waals surface area contributed by atoms with Crippen molar-refractivity contribution >= 4 is 11.9 Å². The molecule has 0 radical (unpaired) electrons. The Morgan fingerprint density at radius 1 is 1.40 bits per heavy atom. The van der Waals surface area contributed by atoms with Crippen molar-refractivity contribution < 1.29 is 4.79 Å². The highest BCUT2D eigenvalue weighted by Crippen LogP contribution is 2.23. The number of amides is 1. The van der Waals surface area contributed by atoms with Crippen molar-refractivity contribution in [3.05, 3.63) is 18.0 Å². The topological polar surface area (TPSA) is 70.2 Å². The Balaban J connectivity index is 1.70. The van der Waals surface area contributed by atoms with Gasteiger partial charge in [-0.15, -0.1) is 0 Å². The first kappa shape index (κ1) is 13.3. The molecule has 1 aromatic rings. The summed E-state index contributed by atoms with van der Waals surface area (Å²) in [6, 6.07) is 0.680. The van der Waals surface area contributed by atoms with E-state index in [-0.39, 0.29) is 5.91 Å². The number of carbonyl (C=O) groups is 1. The normalized spacial score (nSPS) is 21.7. The Morgan fingerprint density at radius 3 is 2.75 bits per heavy atom. The average Bonchev–Trinajstić information content (AvgIpc) is 3.24. The van der Waals surface area contributed by atoms with Crippen LogP contribution in [0.1, 0.15) is 32.3 Å². The first-order chi connectivity index (χ1) is 9.57. The number of hydrogen-bond donors (Lipinski definition) is 2. The summed E-state index contributed by atoms with van der Waals surface area (Å²) in [7, 11) is 0. The van der Waals surface area contributed by atoms with E-state index in [9.17, 15) is 4.79 Å². The minimum absolute atomic E-state index is 0.0202. The van der Waals surface area contributed by atoms with Gasteiger partial charge in [-0.25, -0.2) is 9.97 Å². The van der Waals surface area contributed by atoms with Crippen molar-refractivity contribution in [2.24, 2.45) is 0 Å². The Morgan fingerprint density at radius 2 is 2.10 bits per heavy atom. The molecule has 1 aliphatic carbocycles. The van der Waals surface area contributed by atoms with Crippen molar-refractivity contribution in [2.45, 2.75) is 44.8 Å². The summed E-state index contributed by atoms with van der Waals surface area (Å²) >= 11 is 0. The van der Waals surface area contributed by atoms with Crippen LogP contribution < -0.4 is 15.5 Å². The number of piperazine rings is 1. The molecule has 6 heteroatoms. The summed E-state index contributed by atoms with van der Waals surface area (Å²) in [5.74, 6) is 0.645. The van der Waals surface area contributed by atoms with Gasteiger partial charge in [0, 0.05) is 43.6 Å². The minimum Gasteiger partial charge on any atom is -0.352 e. The number of nitrogens with one attached hydrogen (secondary N) is 2. The second-order valence-corrected chi connectivity index (χ2v) is 6.01. The fourth-order valence-electron chi connectivity index (χ4n) is 2.38. The van der Waals surface area contributed by atoms with Crippen molar-refractivity contribution in [3.63, 3.8) is 0 Å². The van der Waals surface area contributed by atoms with Crippen molar-refractivity contribution in [3.8, 4) is 0 Å². The number of anilines is 1. The van der Waals surface area contributed by atoms with E-state index in [1.165, 1.54) is 12.8 Å². The molecule has 20 heavy (non-hydrogen) atoms. The molecule has 0 atom stereocenters. The predicted octanol–water partition coefficient (Wildman–Crippen LogP) is 0.443. The van der Waals surface area contributed by atoms with Crippen LogP contribution in [-0.4, -0.2) is 40.5 Å². The van der Waals surface area contributed by atoms with Gasteiger partial charge in [-0.2, -0.15) is 0 Å².